The summed E-state index contributed by atoms with van der Waals surface area (Å²) in [6.45, 7) is 1.78. The first-order chi connectivity index (χ1) is 9.79. The topological polar surface area (TPSA) is 101 Å². The second-order valence-electron chi connectivity index (χ2n) is 5.06. The zero-order valence-corrected chi connectivity index (χ0v) is 11.2. The Morgan fingerprint density at radius 2 is 2.10 bits per heavy atom. The highest BCUT2D eigenvalue weighted by molar-refractivity contribution is 5.96. The van der Waals surface area contributed by atoms with Gasteiger partial charge in [0.15, 0.2) is 0 Å². The van der Waals surface area contributed by atoms with Crippen molar-refractivity contribution in [3.8, 4) is 0 Å². The van der Waals surface area contributed by atoms with Crippen molar-refractivity contribution in [2.75, 3.05) is 13.1 Å². The summed E-state index contributed by atoms with van der Waals surface area (Å²) >= 11 is 0. The molecule has 1 aliphatic rings. The van der Waals surface area contributed by atoms with E-state index in [2.05, 4.69) is 0 Å². The maximum absolute atomic E-state index is 14.0. The van der Waals surface area contributed by atoms with Crippen molar-refractivity contribution in [2.24, 2.45) is 5.92 Å². The van der Waals surface area contributed by atoms with Gasteiger partial charge < -0.3 is 10.0 Å². The van der Waals surface area contributed by atoms with Gasteiger partial charge in [0.05, 0.1) is 16.9 Å². The second-order valence-corrected chi connectivity index (χ2v) is 5.06. The molecule has 0 atom stereocenters. The zero-order chi connectivity index (χ0) is 15.7. The van der Waals surface area contributed by atoms with E-state index in [1.807, 2.05) is 0 Å². The summed E-state index contributed by atoms with van der Waals surface area (Å²) in [4.78, 5) is 34.0. The van der Waals surface area contributed by atoms with E-state index in [0.29, 0.717) is 0 Å². The molecule has 0 aromatic heterocycles. The number of hydrogen-bond donors (Lipinski definition) is 1. The Hall–Kier alpha value is -2.51. The Morgan fingerprint density at radius 3 is 2.62 bits per heavy atom. The highest BCUT2D eigenvalue weighted by atomic mass is 19.1. The van der Waals surface area contributed by atoms with Gasteiger partial charge in [-0.25, -0.2) is 4.39 Å². The molecule has 21 heavy (non-hydrogen) atoms. The van der Waals surface area contributed by atoms with Gasteiger partial charge in [0.1, 0.15) is 5.82 Å². The van der Waals surface area contributed by atoms with E-state index in [9.17, 15) is 24.1 Å². The fraction of sp³-hybridized carbons (Fsp3) is 0.385. The molecule has 0 aliphatic carbocycles. The molecular weight excluding hydrogens is 283 g/mol. The van der Waals surface area contributed by atoms with Crippen LogP contribution in [0.2, 0.25) is 0 Å². The van der Waals surface area contributed by atoms with Gasteiger partial charge in [-0.2, -0.15) is 0 Å². The lowest BCUT2D eigenvalue weighted by Crippen LogP contribution is -2.50. The Balaban J connectivity index is 2.17. The van der Waals surface area contributed by atoms with Gasteiger partial charge in [-0.3, -0.25) is 19.7 Å². The van der Waals surface area contributed by atoms with E-state index in [-0.39, 0.29) is 42.2 Å². The minimum atomic E-state index is -0.954. The van der Waals surface area contributed by atoms with E-state index < -0.39 is 22.6 Å². The molecule has 1 fully saturated rings. The van der Waals surface area contributed by atoms with Crippen LogP contribution in [0.5, 0.6) is 0 Å². The van der Waals surface area contributed by atoms with Gasteiger partial charge in [-0.1, -0.05) is 0 Å². The summed E-state index contributed by atoms with van der Waals surface area (Å²) in [7, 11) is 0. The number of nitro benzene ring substituents is 1. The van der Waals surface area contributed by atoms with Crippen LogP contribution in [-0.2, 0) is 4.79 Å². The van der Waals surface area contributed by atoms with Crippen molar-refractivity contribution in [1.29, 1.82) is 0 Å². The number of amides is 1. The first-order valence-electron chi connectivity index (χ1n) is 6.25. The molecule has 7 nitrogen and oxygen atoms in total. The molecule has 1 aromatic carbocycles. The summed E-state index contributed by atoms with van der Waals surface area (Å²) in [6, 6.07) is 1.98. The van der Waals surface area contributed by atoms with E-state index in [1.165, 1.54) is 11.8 Å². The first-order valence-corrected chi connectivity index (χ1v) is 6.25. The number of non-ortho nitro benzene ring substituents is 1. The second kappa shape index (κ2) is 5.47. The number of rotatable bonds is 4. The van der Waals surface area contributed by atoms with Crippen LogP contribution >= 0.6 is 0 Å². The van der Waals surface area contributed by atoms with Crippen LogP contribution in [0, 0.1) is 28.8 Å². The lowest BCUT2D eigenvalue weighted by Gasteiger charge is -2.38. The molecule has 1 heterocycles. The van der Waals surface area contributed by atoms with Crippen LogP contribution in [0.25, 0.3) is 0 Å². The number of nitro groups is 1. The summed E-state index contributed by atoms with van der Waals surface area (Å²) < 4.78 is 14.0. The van der Waals surface area contributed by atoms with Gasteiger partial charge in [-0.05, 0) is 12.5 Å². The van der Waals surface area contributed by atoms with Gasteiger partial charge in [0.25, 0.3) is 11.6 Å². The highest BCUT2D eigenvalue weighted by Crippen LogP contribution is 2.26. The molecule has 1 aromatic rings. The van der Waals surface area contributed by atoms with E-state index in [4.69, 9.17) is 5.11 Å². The van der Waals surface area contributed by atoms with Gasteiger partial charge in [0, 0.05) is 31.1 Å². The number of halogens is 1. The molecule has 1 aliphatic heterocycles. The molecule has 1 amide bonds. The number of carbonyl (C=O) groups is 2. The largest absolute Gasteiger partial charge is 0.481 e. The van der Waals surface area contributed by atoms with Crippen molar-refractivity contribution in [1.82, 2.24) is 4.90 Å². The van der Waals surface area contributed by atoms with Crippen molar-refractivity contribution in [3.05, 3.63) is 39.2 Å². The fourth-order valence-corrected chi connectivity index (χ4v) is 2.29. The molecule has 0 spiro atoms. The SMILES string of the molecule is Cc1cc([N+](=O)[O-])cc(C(=O)N2CC(CC(=O)O)C2)c1F. The van der Waals surface area contributed by atoms with Gasteiger partial charge in [0.2, 0.25) is 0 Å². The summed E-state index contributed by atoms with van der Waals surface area (Å²) in [5, 5.41) is 19.4. The first kappa shape index (κ1) is 14.9. The molecule has 0 bridgehead atoms. The van der Waals surface area contributed by atoms with E-state index in [1.54, 1.807) is 0 Å². The lowest BCUT2D eigenvalue weighted by molar-refractivity contribution is -0.385. The van der Waals surface area contributed by atoms with Crippen molar-refractivity contribution >= 4 is 17.6 Å². The number of carboxylic acids is 1. The monoisotopic (exact) mass is 296 g/mol. The van der Waals surface area contributed by atoms with Crippen LogP contribution in [0.1, 0.15) is 22.3 Å². The fourth-order valence-electron chi connectivity index (χ4n) is 2.29. The Labute approximate surface area is 119 Å². The average Bonchev–Trinajstić information content (AvgIpc) is 2.35. The number of carboxylic acid groups (broad SMARTS) is 1. The molecule has 0 radical (unpaired) electrons. The van der Waals surface area contributed by atoms with E-state index >= 15 is 0 Å². The molecular formula is C13H13FN2O5. The smallest absolute Gasteiger partial charge is 0.303 e. The Bertz CT molecular complexity index is 625. The number of carbonyl (C=O) groups excluding carboxylic acids is 1. The zero-order valence-electron chi connectivity index (χ0n) is 11.2. The van der Waals surface area contributed by atoms with Crippen LogP contribution < -0.4 is 0 Å². The normalized spacial score (nSPS) is 14.7. The number of hydrogen-bond acceptors (Lipinski definition) is 4. The molecule has 1 saturated heterocycles. The summed E-state index contributed by atoms with van der Waals surface area (Å²) in [5.41, 5.74) is -0.675. The maximum Gasteiger partial charge on any atom is 0.303 e. The van der Waals surface area contributed by atoms with Gasteiger partial charge in [-0.15, -0.1) is 0 Å². The number of benzene rings is 1. The lowest BCUT2D eigenvalue weighted by atomic mass is 9.95. The van der Waals surface area contributed by atoms with Crippen molar-refractivity contribution < 1.29 is 24.0 Å². The third kappa shape index (κ3) is 2.99. The highest BCUT2D eigenvalue weighted by Gasteiger charge is 2.34. The van der Waals surface area contributed by atoms with Crippen molar-refractivity contribution in [2.45, 2.75) is 13.3 Å². The third-order valence-electron chi connectivity index (χ3n) is 3.39. The minimum Gasteiger partial charge on any atom is -0.481 e. The number of aryl methyl sites for hydroxylation is 1. The number of nitrogens with zero attached hydrogens (tertiary/aromatic N) is 2. The summed E-state index contributed by atoms with van der Waals surface area (Å²) in [6.07, 6.45) is -0.0553. The molecule has 112 valence electrons. The predicted molar refractivity (Wildman–Crippen MR) is 69.4 cm³/mol. The Kier molecular flexibility index (Phi) is 3.88. The molecule has 8 heteroatoms. The van der Waals surface area contributed by atoms with E-state index in [0.717, 1.165) is 12.1 Å². The number of aliphatic carboxylic acids is 1. The average molecular weight is 296 g/mol. The molecule has 1 N–H and O–H groups in total. The van der Waals surface area contributed by atoms with Crippen LogP contribution in [0.15, 0.2) is 12.1 Å². The van der Waals surface area contributed by atoms with Crippen LogP contribution in [0.3, 0.4) is 0 Å². The molecule has 0 unspecified atom stereocenters. The quantitative estimate of drug-likeness (QED) is 0.671. The summed E-state index contributed by atoms with van der Waals surface area (Å²) in [5.74, 6) is -2.55. The number of likely N-dealkylation sites (tertiary alicyclic amines) is 1. The van der Waals surface area contributed by atoms with Gasteiger partial charge >= 0.3 is 5.97 Å². The predicted octanol–water partition coefficient (Wildman–Crippen LogP) is 1.59. The maximum atomic E-state index is 14.0. The standard InChI is InChI=1S/C13H13FN2O5/c1-7-2-9(16(20)21)4-10(12(7)14)13(19)15-5-8(6-15)3-11(17)18/h2,4,8H,3,5-6H2,1H3,(H,17,18). The molecule has 2 rings (SSSR count). The van der Waals surface area contributed by atoms with Crippen LogP contribution in [-0.4, -0.2) is 39.9 Å². The minimum absolute atomic E-state index is 0.0233. The molecule has 0 saturated carbocycles. The van der Waals surface area contributed by atoms with Crippen LogP contribution in [0.4, 0.5) is 10.1 Å². The Morgan fingerprint density at radius 1 is 1.48 bits per heavy atom. The van der Waals surface area contributed by atoms with Crippen molar-refractivity contribution in [3.63, 3.8) is 0 Å². The third-order valence-corrected chi connectivity index (χ3v) is 3.39.